The number of benzene rings is 1. The van der Waals surface area contributed by atoms with Gasteiger partial charge in [0.25, 0.3) is 0 Å². The van der Waals surface area contributed by atoms with Gasteiger partial charge in [0.15, 0.2) is 5.82 Å². The van der Waals surface area contributed by atoms with Crippen LogP contribution in [-0.4, -0.2) is 39.2 Å². The Morgan fingerprint density at radius 1 is 1.15 bits per heavy atom. The number of nitrogens with zero attached hydrogens (tertiary/aromatic N) is 5. The molecule has 148 valence electrons. The number of tetrazole rings is 1. The summed E-state index contributed by atoms with van der Waals surface area (Å²) in [6.07, 6.45) is 4.13. The van der Waals surface area contributed by atoms with Crippen LogP contribution in [0.25, 0.3) is 6.08 Å². The van der Waals surface area contributed by atoms with Crippen molar-refractivity contribution in [2.24, 2.45) is 11.3 Å². The van der Waals surface area contributed by atoms with E-state index in [1.165, 1.54) is 0 Å². The molecule has 27 heavy (non-hydrogen) atoms. The van der Waals surface area contributed by atoms with Crippen LogP contribution in [0.15, 0.2) is 24.3 Å². The number of rotatable bonds is 6. The van der Waals surface area contributed by atoms with Crippen molar-refractivity contribution in [2.45, 2.75) is 46.7 Å². The quantitative estimate of drug-likeness (QED) is 0.627. The highest BCUT2D eigenvalue weighted by Gasteiger charge is 2.32. The number of allylic oxidation sites excluding steroid dienone is 1. The zero-order valence-corrected chi connectivity index (χ0v) is 18.6. The normalized spacial score (nSPS) is 15.1. The zero-order chi connectivity index (χ0) is 20.4. The van der Waals surface area contributed by atoms with Crippen LogP contribution in [-0.2, 0) is 0 Å². The van der Waals surface area contributed by atoms with Crippen LogP contribution in [0.3, 0.4) is 0 Å². The first-order valence-corrected chi connectivity index (χ1v) is 9.85. The van der Waals surface area contributed by atoms with E-state index in [0.717, 1.165) is 11.4 Å². The summed E-state index contributed by atoms with van der Waals surface area (Å²) in [4.78, 5) is 2.16. The maximum absolute atomic E-state index is 6.33. The van der Waals surface area contributed by atoms with Crippen LogP contribution in [0, 0.1) is 11.3 Å². The van der Waals surface area contributed by atoms with Crippen molar-refractivity contribution in [1.29, 1.82) is 0 Å². The second-order valence-electron chi connectivity index (χ2n) is 8.47. The fourth-order valence-corrected chi connectivity index (χ4v) is 3.76. The third-order valence-electron chi connectivity index (χ3n) is 4.54. The molecule has 1 aromatic carbocycles. The molecular weight excluding hydrogens is 381 g/mol. The van der Waals surface area contributed by atoms with Crippen molar-refractivity contribution in [3.63, 3.8) is 0 Å². The minimum atomic E-state index is -0.0899. The molecule has 7 heteroatoms. The molecule has 0 amide bonds. The standard InChI is InChI=1S/C20H29Cl2N5/c1-13(2)18(26(6)7)19-23-24-25-27(19)17(20(3,4)5)11-9-14-8-10-15(21)12-16(14)22/h8-13,17-18H,1-7H3/b11-9+/t17-,18+/m1/s1. The van der Waals surface area contributed by atoms with Crippen molar-refractivity contribution < 1.29 is 0 Å². The Bertz CT molecular complexity index is 782. The minimum Gasteiger partial charge on any atom is -0.299 e. The highest BCUT2D eigenvalue weighted by atomic mass is 35.5. The molecule has 0 N–H and O–H groups in total. The summed E-state index contributed by atoms with van der Waals surface area (Å²) in [5, 5.41) is 13.9. The van der Waals surface area contributed by atoms with Gasteiger partial charge in [-0.05, 0) is 53.6 Å². The van der Waals surface area contributed by atoms with Crippen LogP contribution in [0.1, 0.15) is 58.1 Å². The molecule has 0 aliphatic carbocycles. The lowest BCUT2D eigenvalue weighted by molar-refractivity contribution is 0.196. The fourth-order valence-electron chi connectivity index (χ4n) is 3.29. The maximum atomic E-state index is 6.33. The predicted molar refractivity (Wildman–Crippen MR) is 113 cm³/mol. The topological polar surface area (TPSA) is 46.8 Å². The van der Waals surface area contributed by atoms with Gasteiger partial charge in [-0.15, -0.1) is 5.10 Å². The van der Waals surface area contributed by atoms with E-state index in [0.29, 0.717) is 16.0 Å². The van der Waals surface area contributed by atoms with Crippen molar-refractivity contribution >= 4 is 29.3 Å². The monoisotopic (exact) mass is 409 g/mol. The molecule has 0 aliphatic rings. The van der Waals surface area contributed by atoms with Crippen LogP contribution >= 0.6 is 23.2 Å². The Kier molecular flexibility index (Phi) is 7.06. The molecule has 0 saturated carbocycles. The van der Waals surface area contributed by atoms with Crippen molar-refractivity contribution in [3.8, 4) is 0 Å². The van der Waals surface area contributed by atoms with E-state index in [9.17, 15) is 0 Å². The van der Waals surface area contributed by atoms with Gasteiger partial charge in [-0.2, -0.15) is 0 Å². The van der Waals surface area contributed by atoms with Gasteiger partial charge in [0, 0.05) is 10.0 Å². The van der Waals surface area contributed by atoms with Gasteiger partial charge in [0.2, 0.25) is 0 Å². The Balaban J connectivity index is 2.47. The number of hydrogen-bond acceptors (Lipinski definition) is 4. The molecule has 0 spiro atoms. The SMILES string of the molecule is CC(C)[C@@H](c1nnnn1[C@H](/C=C/c1ccc(Cl)cc1Cl)C(C)(C)C)N(C)C. The summed E-state index contributed by atoms with van der Waals surface area (Å²) in [5.74, 6) is 1.24. The molecule has 5 nitrogen and oxygen atoms in total. The van der Waals surface area contributed by atoms with Gasteiger partial charge in [-0.25, -0.2) is 4.68 Å². The summed E-state index contributed by atoms with van der Waals surface area (Å²) < 4.78 is 1.94. The molecule has 1 aromatic heterocycles. The predicted octanol–water partition coefficient (Wildman–Crippen LogP) is 5.54. The van der Waals surface area contributed by atoms with Gasteiger partial charge in [0.1, 0.15) is 0 Å². The van der Waals surface area contributed by atoms with Gasteiger partial charge in [-0.1, -0.05) is 76.0 Å². The Morgan fingerprint density at radius 2 is 1.81 bits per heavy atom. The van der Waals surface area contributed by atoms with E-state index in [4.69, 9.17) is 23.2 Å². The Morgan fingerprint density at radius 3 is 2.33 bits per heavy atom. The van der Waals surface area contributed by atoms with E-state index in [-0.39, 0.29) is 17.5 Å². The molecular formula is C20H29Cl2N5. The van der Waals surface area contributed by atoms with E-state index in [1.807, 2.05) is 22.9 Å². The van der Waals surface area contributed by atoms with Gasteiger partial charge in [-0.3, -0.25) is 4.90 Å². The number of halogens is 2. The van der Waals surface area contributed by atoms with E-state index < -0.39 is 0 Å². The minimum absolute atomic E-state index is 0.0320. The summed E-state index contributed by atoms with van der Waals surface area (Å²) in [5.41, 5.74) is 0.825. The molecule has 0 radical (unpaired) electrons. The third-order valence-corrected chi connectivity index (χ3v) is 5.10. The summed E-state index contributed by atoms with van der Waals surface area (Å²) >= 11 is 12.3. The first kappa shape index (κ1) is 21.9. The average Bonchev–Trinajstić information content (AvgIpc) is 2.96. The highest BCUT2D eigenvalue weighted by Crippen LogP contribution is 2.35. The van der Waals surface area contributed by atoms with E-state index >= 15 is 0 Å². The average molecular weight is 410 g/mol. The summed E-state index contributed by atoms with van der Waals surface area (Å²) in [6.45, 7) is 10.9. The van der Waals surface area contributed by atoms with Crippen LogP contribution in [0.5, 0.6) is 0 Å². The number of hydrogen-bond donors (Lipinski definition) is 0. The molecule has 0 aliphatic heterocycles. The first-order chi connectivity index (χ1) is 12.5. The maximum Gasteiger partial charge on any atom is 0.169 e. The molecule has 2 rings (SSSR count). The lowest BCUT2D eigenvalue weighted by Gasteiger charge is -2.32. The Hall–Kier alpha value is -1.43. The first-order valence-electron chi connectivity index (χ1n) is 9.09. The van der Waals surface area contributed by atoms with Gasteiger partial charge < -0.3 is 0 Å². The summed E-state index contributed by atoms with van der Waals surface area (Å²) in [6, 6.07) is 5.59. The lowest BCUT2D eigenvalue weighted by Crippen LogP contribution is -2.32. The molecule has 0 fully saturated rings. The molecule has 0 bridgehead atoms. The molecule has 1 heterocycles. The van der Waals surface area contributed by atoms with E-state index in [1.54, 1.807) is 6.07 Å². The zero-order valence-electron chi connectivity index (χ0n) is 17.1. The third kappa shape index (κ3) is 5.31. The van der Waals surface area contributed by atoms with Crippen molar-refractivity contribution in [2.75, 3.05) is 14.1 Å². The van der Waals surface area contributed by atoms with Crippen molar-refractivity contribution in [3.05, 3.63) is 45.7 Å². The largest absolute Gasteiger partial charge is 0.299 e. The lowest BCUT2D eigenvalue weighted by atomic mass is 9.86. The fraction of sp³-hybridized carbons (Fsp3) is 0.550. The van der Waals surface area contributed by atoms with Gasteiger partial charge >= 0.3 is 0 Å². The van der Waals surface area contributed by atoms with E-state index in [2.05, 4.69) is 75.2 Å². The number of aromatic nitrogens is 4. The van der Waals surface area contributed by atoms with Crippen LogP contribution in [0.2, 0.25) is 10.0 Å². The van der Waals surface area contributed by atoms with Crippen molar-refractivity contribution in [1.82, 2.24) is 25.1 Å². The molecule has 0 unspecified atom stereocenters. The molecule has 0 saturated heterocycles. The van der Waals surface area contributed by atoms with Crippen LogP contribution in [0.4, 0.5) is 0 Å². The smallest absolute Gasteiger partial charge is 0.169 e. The molecule has 2 atom stereocenters. The van der Waals surface area contributed by atoms with Gasteiger partial charge in [0.05, 0.1) is 12.1 Å². The Labute approximate surface area is 172 Å². The second-order valence-corrected chi connectivity index (χ2v) is 9.31. The summed E-state index contributed by atoms with van der Waals surface area (Å²) in [7, 11) is 4.11. The molecule has 2 aromatic rings. The van der Waals surface area contributed by atoms with Crippen LogP contribution < -0.4 is 0 Å². The highest BCUT2D eigenvalue weighted by molar-refractivity contribution is 6.35. The second kappa shape index (κ2) is 8.72.